The largest absolute Gasteiger partial charge is 0.477 e. The summed E-state index contributed by atoms with van der Waals surface area (Å²) in [5.74, 6) is -4.22. The molecule has 2 aromatic carbocycles. The third kappa shape index (κ3) is 8.63. The van der Waals surface area contributed by atoms with Crippen molar-refractivity contribution < 1.29 is 50.7 Å². The van der Waals surface area contributed by atoms with Gasteiger partial charge in [-0.05, 0) is 36.4 Å². The second kappa shape index (κ2) is 16.4. The van der Waals surface area contributed by atoms with Gasteiger partial charge in [-0.15, -0.1) is 0 Å². The summed E-state index contributed by atoms with van der Waals surface area (Å²) in [7, 11) is 2.87. The van der Waals surface area contributed by atoms with Gasteiger partial charge in [-0.3, -0.25) is 14.4 Å². The number of halogens is 5. The predicted molar refractivity (Wildman–Crippen MR) is 204 cm³/mol. The molecule has 5 heterocycles. The zero-order valence-corrected chi connectivity index (χ0v) is 32.4. The minimum absolute atomic E-state index is 0.0245. The van der Waals surface area contributed by atoms with Crippen LogP contribution in [0.1, 0.15) is 39.5 Å². The third-order valence-electron chi connectivity index (χ3n) is 11.5. The molecule has 314 valence electrons. The summed E-state index contributed by atoms with van der Waals surface area (Å²) in [5.41, 5.74) is -2.08. The quantitative estimate of drug-likeness (QED) is 0.130. The number of nitrogens with one attached hydrogen (secondary N) is 3. The summed E-state index contributed by atoms with van der Waals surface area (Å²) in [4.78, 5) is 58.9. The van der Waals surface area contributed by atoms with Crippen LogP contribution in [0, 0.1) is 23.5 Å². The Hall–Kier alpha value is -5.89. The number of nitrogens with zero attached hydrogens (tertiary/aromatic N) is 7. The van der Waals surface area contributed by atoms with E-state index >= 15 is 4.39 Å². The Morgan fingerprint density at radius 3 is 2.20 bits per heavy atom. The average Bonchev–Trinajstić information content (AvgIpc) is 3.80. The summed E-state index contributed by atoms with van der Waals surface area (Å²) >= 11 is 0. The molecule has 0 spiro atoms. The van der Waals surface area contributed by atoms with E-state index in [0.29, 0.717) is 42.0 Å². The van der Waals surface area contributed by atoms with Gasteiger partial charge in [0, 0.05) is 95.6 Å². The number of alkyl halides is 3. The van der Waals surface area contributed by atoms with Crippen LogP contribution in [-0.2, 0) is 22.8 Å². The highest BCUT2D eigenvalue weighted by Crippen LogP contribution is 2.37. The normalized spacial score (nSPS) is 19.9. The fraction of sp³-hybridized carbons (Fsp3) is 0.436. The zero-order valence-electron chi connectivity index (χ0n) is 32.4. The Balaban J connectivity index is 0.964. The maximum absolute atomic E-state index is 15.4. The molecule has 3 amide bonds. The molecule has 0 atom stereocenters. The molecule has 4 aromatic rings. The molecule has 0 bridgehead atoms. The number of anilines is 2. The Labute approximate surface area is 335 Å². The molecular formula is C39H44F5N10O5+. The topological polar surface area (TPSA) is 167 Å². The van der Waals surface area contributed by atoms with Crippen molar-refractivity contribution in [1.29, 1.82) is 0 Å². The first-order valence-electron chi connectivity index (χ1n) is 19.2. The number of rotatable bonds is 11. The second-order valence-electron chi connectivity index (χ2n) is 15.4. The van der Waals surface area contributed by atoms with Crippen LogP contribution in [0.5, 0.6) is 0 Å². The lowest BCUT2D eigenvalue weighted by Crippen LogP contribution is -2.62. The summed E-state index contributed by atoms with van der Waals surface area (Å²) in [6, 6.07) is 7.32. The van der Waals surface area contributed by atoms with E-state index in [1.807, 2.05) is 0 Å². The number of carbonyl (C=O) groups excluding carboxylic acids is 3. The summed E-state index contributed by atoms with van der Waals surface area (Å²) in [6.45, 7) is 4.66. The van der Waals surface area contributed by atoms with Crippen molar-refractivity contribution in [3.8, 4) is 16.9 Å². The van der Waals surface area contributed by atoms with Crippen LogP contribution in [0.3, 0.4) is 0 Å². The molecular weight excluding hydrogens is 783 g/mol. The molecule has 0 radical (unpaired) electrons. The summed E-state index contributed by atoms with van der Waals surface area (Å²) in [5, 5.41) is 21.6. The predicted octanol–water partition coefficient (Wildman–Crippen LogP) is 3.68. The van der Waals surface area contributed by atoms with Crippen LogP contribution in [-0.4, -0.2) is 135 Å². The van der Waals surface area contributed by atoms with Gasteiger partial charge in [-0.1, -0.05) is 0 Å². The Morgan fingerprint density at radius 1 is 0.949 bits per heavy atom. The Bertz CT molecular complexity index is 2260. The van der Waals surface area contributed by atoms with Crippen molar-refractivity contribution in [2.24, 2.45) is 18.9 Å². The fourth-order valence-electron chi connectivity index (χ4n) is 8.20. The Kier molecular flexibility index (Phi) is 11.5. The minimum Gasteiger partial charge on any atom is -0.477 e. The molecule has 15 nitrogen and oxygen atoms in total. The van der Waals surface area contributed by atoms with E-state index in [9.17, 15) is 41.8 Å². The number of hydrogen-bond acceptors (Lipinski definition) is 8. The molecule has 3 saturated heterocycles. The standard InChI is InChI=1S/C39H43F5N10O5/c1-45-25-4-6-31(30(41)15-25)53-20-28(34(49-53)39(42,43)44)32-19-47-35(50(32)2)36(57)48-26-3-5-27(29(40)16-26)38(59)52-11-9-51(10-12-52)37(58)24-7-13-54(14-8-24,22-33(55)56)21-23-17-46-18-23/h3-6,15-16,19-20,23-24,45-46H,7-14,17-18,21-22H2,1-2H3,(H-,48,55,56,57,59)/p+1. The fourth-order valence-corrected chi connectivity index (χ4v) is 8.20. The molecule has 3 aliphatic heterocycles. The first kappa shape index (κ1) is 41.3. The van der Waals surface area contributed by atoms with Gasteiger partial charge >= 0.3 is 12.1 Å². The van der Waals surface area contributed by atoms with E-state index in [2.05, 4.69) is 26.0 Å². The van der Waals surface area contributed by atoms with Gasteiger partial charge in [0.25, 0.3) is 11.8 Å². The molecule has 2 aromatic heterocycles. The zero-order chi connectivity index (χ0) is 42.2. The molecule has 3 aliphatic rings. The second-order valence-corrected chi connectivity index (χ2v) is 15.4. The van der Waals surface area contributed by atoms with E-state index in [1.54, 1.807) is 11.9 Å². The molecule has 0 unspecified atom stereocenters. The first-order valence-corrected chi connectivity index (χ1v) is 19.2. The highest BCUT2D eigenvalue weighted by Gasteiger charge is 2.43. The number of likely N-dealkylation sites (tertiary alicyclic amines) is 1. The van der Waals surface area contributed by atoms with Crippen molar-refractivity contribution >= 4 is 35.1 Å². The number of quaternary nitrogens is 1. The average molecular weight is 828 g/mol. The van der Waals surface area contributed by atoms with Crippen molar-refractivity contribution in [3.05, 3.63) is 77.5 Å². The molecule has 4 N–H and O–H groups in total. The molecule has 3 fully saturated rings. The number of aliphatic carboxylic acids is 1. The number of piperidine rings is 1. The number of piperazine rings is 1. The molecule has 20 heteroatoms. The molecule has 0 aliphatic carbocycles. The maximum atomic E-state index is 15.4. The van der Waals surface area contributed by atoms with Crippen molar-refractivity contribution in [3.63, 3.8) is 0 Å². The van der Waals surface area contributed by atoms with Crippen molar-refractivity contribution in [2.75, 3.05) is 83.1 Å². The number of imidazole rings is 1. The van der Waals surface area contributed by atoms with Crippen molar-refractivity contribution in [2.45, 2.75) is 19.0 Å². The van der Waals surface area contributed by atoms with E-state index in [1.165, 1.54) is 36.2 Å². The van der Waals surface area contributed by atoms with E-state index in [-0.39, 0.29) is 73.0 Å². The highest BCUT2D eigenvalue weighted by molar-refractivity contribution is 6.03. The number of hydrogen-bond donors (Lipinski definition) is 4. The van der Waals surface area contributed by atoms with E-state index in [4.69, 9.17) is 0 Å². The van der Waals surface area contributed by atoms with Gasteiger partial charge in [-0.25, -0.2) is 23.2 Å². The molecule has 7 rings (SSSR count). The number of carbonyl (C=O) groups is 4. The van der Waals surface area contributed by atoms with Crippen molar-refractivity contribution in [1.82, 2.24) is 34.4 Å². The van der Waals surface area contributed by atoms with E-state index in [0.717, 1.165) is 53.4 Å². The van der Waals surface area contributed by atoms with Gasteiger partial charge in [0.15, 0.2) is 23.9 Å². The van der Waals surface area contributed by atoms with Gasteiger partial charge in [0.05, 0.1) is 42.7 Å². The smallest absolute Gasteiger partial charge is 0.435 e. The van der Waals surface area contributed by atoms with Crippen LogP contribution in [0.2, 0.25) is 0 Å². The monoisotopic (exact) mass is 827 g/mol. The summed E-state index contributed by atoms with van der Waals surface area (Å²) < 4.78 is 75.0. The first-order chi connectivity index (χ1) is 28.1. The van der Waals surface area contributed by atoms with Crippen LogP contribution in [0.15, 0.2) is 48.8 Å². The lowest BCUT2D eigenvalue weighted by molar-refractivity contribution is -0.929. The van der Waals surface area contributed by atoms with E-state index < -0.39 is 46.9 Å². The lowest BCUT2D eigenvalue weighted by Gasteiger charge is -2.46. The number of aromatic nitrogens is 4. The van der Waals surface area contributed by atoms with Gasteiger partial charge in [0.1, 0.15) is 11.5 Å². The van der Waals surface area contributed by atoms with Gasteiger partial charge < -0.3 is 39.9 Å². The van der Waals surface area contributed by atoms with Crippen LogP contribution >= 0.6 is 0 Å². The van der Waals surface area contributed by atoms with Gasteiger partial charge in [0.2, 0.25) is 5.91 Å². The minimum atomic E-state index is -4.95. The molecule has 59 heavy (non-hydrogen) atoms. The lowest BCUT2D eigenvalue weighted by atomic mass is 9.90. The number of carboxylic acids is 1. The van der Waals surface area contributed by atoms with Gasteiger partial charge in [-0.2, -0.15) is 18.3 Å². The number of carboxylic acid groups (broad SMARTS) is 1. The maximum Gasteiger partial charge on any atom is 0.435 e. The SMILES string of the molecule is CNc1ccc(-n2cc(-c3cnc(C(=O)Nc4ccc(C(=O)N5CCN(C(=O)C6CC[N+](CC(=O)O)(CC7CNC7)CC6)CC5)c(F)c4)n3C)c(C(F)(F)F)n2)c(F)c1. The van der Waals surface area contributed by atoms with Crippen LogP contribution in [0.25, 0.3) is 16.9 Å². The van der Waals surface area contributed by atoms with Crippen LogP contribution < -0.4 is 16.0 Å². The third-order valence-corrected chi connectivity index (χ3v) is 11.5. The van der Waals surface area contributed by atoms with Crippen LogP contribution in [0.4, 0.5) is 33.3 Å². The summed E-state index contributed by atoms with van der Waals surface area (Å²) in [6.07, 6.45) is -1.75. The highest BCUT2D eigenvalue weighted by atomic mass is 19.4. The Morgan fingerprint density at radius 2 is 1.61 bits per heavy atom. The number of benzene rings is 2. The number of amides is 3. The molecule has 0 saturated carbocycles.